The maximum Gasteiger partial charge on any atom is 0.309 e. The molecule has 3 N–H and O–H groups in total. The van der Waals surface area contributed by atoms with Crippen molar-refractivity contribution in [2.75, 3.05) is 13.2 Å². The molecule has 40 heavy (non-hydrogen) atoms. The van der Waals surface area contributed by atoms with Gasteiger partial charge in [0.1, 0.15) is 6.10 Å². The van der Waals surface area contributed by atoms with E-state index in [0.717, 1.165) is 24.0 Å². The van der Waals surface area contributed by atoms with E-state index in [1.807, 2.05) is 66.7 Å². The zero-order chi connectivity index (χ0) is 29.2. The molecule has 0 aromatic heterocycles. The van der Waals surface area contributed by atoms with Gasteiger partial charge in [0.05, 0.1) is 31.0 Å². The van der Waals surface area contributed by atoms with Crippen LogP contribution in [0.25, 0.3) is 0 Å². The Labute approximate surface area is 238 Å². The first-order chi connectivity index (χ1) is 19.4. The molecule has 216 valence electrons. The molecule has 0 spiro atoms. The average molecular weight is 549 g/mol. The fourth-order valence-electron chi connectivity index (χ4n) is 4.49. The van der Waals surface area contributed by atoms with E-state index < -0.39 is 18.1 Å². The van der Waals surface area contributed by atoms with Crippen LogP contribution in [0.3, 0.4) is 0 Å². The minimum atomic E-state index is -0.624. The lowest BCUT2D eigenvalue weighted by Gasteiger charge is -2.22. The van der Waals surface area contributed by atoms with E-state index in [0.29, 0.717) is 25.7 Å². The van der Waals surface area contributed by atoms with Crippen LogP contribution in [0.4, 0.5) is 0 Å². The first kappa shape index (κ1) is 32.5. The summed E-state index contributed by atoms with van der Waals surface area (Å²) in [6.07, 6.45) is 6.63. The lowest BCUT2D eigenvalue weighted by atomic mass is 9.94. The number of esters is 1. The second-order valence-corrected chi connectivity index (χ2v) is 10.2. The van der Waals surface area contributed by atoms with Crippen molar-refractivity contribution in [3.63, 3.8) is 0 Å². The first-order valence-corrected chi connectivity index (χ1v) is 14.0. The summed E-state index contributed by atoms with van der Waals surface area (Å²) in [7, 11) is 0. The number of nitrogens with one attached hydrogen (secondary N) is 2. The Bertz CT molecular complexity index is 1060. The van der Waals surface area contributed by atoms with E-state index >= 15 is 0 Å². The van der Waals surface area contributed by atoms with Crippen LogP contribution in [0.2, 0.25) is 0 Å². The van der Waals surface area contributed by atoms with Crippen LogP contribution in [0.5, 0.6) is 0 Å². The molecule has 0 aliphatic rings. The molecule has 2 amide bonds. The maximum atomic E-state index is 13.0. The molecule has 4 atom stereocenters. The molecule has 0 aliphatic carbocycles. The van der Waals surface area contributed by atoms with Crippen LogP contribution in [-0.2, 0) is 32.0 Å². The number of ether oxygens (including phenoxy) is 1. The number of carbonyl (C=O) groups excluding carboxylic acids is 3. The summed E-state index contributed by atoms with van der Waals surface area (Å²) < 4.78 is 5.70. The van der Waals surface area contributed by atoms with Crippen LogP contribution in [0.15, 0.2) is 86.0 Å². The standard InChI is InChI=1S/C33H44N2O5/c1-4-6-9-19-29(20-26-15-10-7-11-16-26)33(39)40-25(3)23-34-32(38)28(14-5-2)22-31(37)35-30(24-36)21-27-17-12-8-13-18-27/h4-5,7-8,10-13,15-18,25,28-30,36H,1-2,6,9,14,19-24H2,3H3,(H,34,38)(H,35,37)/t25-,28+,29+,30+/m0/s1. The zero-order valence-corrected chi connectivity index (χ0v) is 23.6. The number of allylic oxidation sites excluding steroid dienone is 2. The molecule has 7 heteroatoms. The maximum absolute atomic E-state index is 13.0. The molecule has 0 fully saturated rings. The number of aliphatic hydroxyl groups excluding tert-OH is 1. The SMILES string of the molecule is C=CCCC[C@H](Cc1ccccc1)C(=O)O[C@@H](C)CNC(=O)[C@H](CC=C)CC(=O)N[C@@H](CO)Cc1ccccc1. The van der Waals surface area contributed by atoms with E-state index in [-0.39, 0.29) is 43.3 Å². The largest absolute Gasteiger partial charge is 0.461 e. The van der Waals surface area contributed by atoms with Crippen molar-refractivity contribution in [1.82, 2.24) is 10.6 Å². The Kier molecular flexibility index (Phi) is 15.1. The second kappa shape index (κ2) is 18.6. The van der Waals surface area contributed by atoms with Crippen molar-refractivity contribution in [2.24, 2.45) is 11.8 Å². The molecule has 0 heterocycles. The summed E-state index contributed by atoms with van der Waals surface area (Å²) in [5, 5.41) is 15.4. The number of amides is 2. The monoisotopic (exact) mass is 548 g/mol. The van der Waals surface area contributed by atoms with Gasteiger partial charge in [-0.15, -0.1) is 13.2 Å². The summed E-state index contributed by atoms with van der Waals surface area (Å²) in [5.74, 6) is -1.83. The summed E-state index contributed by atoms with van der Waals surface area (Å²) in [6, 6.07) is 19.0. The number of unbranched alkanes of at least 4 members (excludes halogenated alkanes) is 1. The van der Waals surface area contributed by atoms with Crippen molar-refractivity contribution in [2.45, 2.75) is 64.0 Å². The highest BCUT2D eigenvalue weighted by Crippen LogP contribution is 2.18. The van der Waals surface area contributed by atoms with Gasteiger partial charge in [-0.3, -0.25) is 14.4 Å². The molecular weight excluding hydrogens is 504 g/mol. The van der Waals surface area contributed by atoms with Crippen LogP contribution in [0, 0.1) is 11.8 Å². The van der Waals surface area contributed by atoms with Gasteiger partial charge in [0, 0.05) is 6.42 Å². The van der Waals surface area contributed by atoms with Crippen molar-refractivity contribution >= 4 is 17.8 Å². The number of rotatable bonds is 19. The quantitative estimate of drug-likeness (QED) is 0.136. The summed E-state index contributed by atoms with van der Waals surface area (Å²) >= 11 is 0. The Balaban J connectivity index is 1.87. The smallest absolute Gasteiger partial charge is 0.309 e. The van der Waals surface area contributed by atoms with Gasteiger partial charge in [-0.05, 0) is 56.6 Å². The van der Waals surface area contributed by atoms with E-state index in [2.05, 4.69) is 23.8 Å². The van der Waals surface area contributed by atoms with Gasteiger partial charge in [0.15, 0.2) is 0 Å². The summed E-state index contributed by atoms with van der Waals surface area (Å²) in [4.78, 5) is 38.6. The summed E-state index contributed by atoms with van der Waals surface area (Å²) in [6.45, 7) is 9.14. The third-order valence-corrected chi connectivity index (χ3v) is 6.66. The number of carbonyl (C=O) groups is 3. The van der Waals surface area contributed by atoms with E-state index in [1.54, 1.807) is 13.0 Å². The minimum Gasteiger partial charge on any atom is -0.461 e. The van der Waals surface area contributed by atoms with Crippen LogP contribution in [-0.4, -0.2) is 48.2 Å². The average Bonchev–Trinajstić information content (AvgIpc) is 2.96. The van der Waals surface area contributed by atoms with Crippen molar-refractivity contribution in [1.29, 1.82) is 0 Å². The van der Waals surface area contributed by atoms with Crippen molar-refractivity contribution in [3.05, 3.63) is 97.1 Å². The highest BCUT2D eigenvalue weighted by molar-refractivity contribution is 5.86. The van der Waals surface area contributed by atoms with Gasteiger partial charge in [0.2, 0.25) is 11.8 Å². The number of aliphatic hydroxyl groups is 1. The highest BCUT2D eigenvalue weighted by atomic mass is 16.5. The van der Waals surface area contributed by atoms with Gasteiger partial charge in [-0.1, -0.05) is 72.8 Å². The second-order valence-electron chi connectivity index (χ2n) is 10.2. The number of hydrogen-bond donors (Lipinski definition) is 3. The topological polar surface area (TPSA) is 105 Å². The molecule has 7 nitrogen and oxygen atoms in total. The van der Waals surface area contributed by atoms with Crippen LogP contribution in [0.1, 0.15) is 50.2 Å². The fraction of sp³-hybridized carbons (Fsp3) is 0.424. The van der Waals surface area contributed by atoms with Gasteiger partial charge >= 0.3 is 5.97 Å². The molecule has 2 aromatic rings. The van der Waals surface area contributed by atoms with Gasteiger partial charge in [-0.25, -0.2) is 0 Å². The Hall–Kier alpha value is -3.71. The van der Waals surface area contributed by atoms with E-state index in [1.165, 1.54) is 0 Å². The van der Waals surface area contributed by atoms with E-state index in [9.17, 15) is 19.5 Å². The van der Waals surface area contributed by atoms with Crippen molar-refractivity contribution < 1.29 is 24.2 Å². The molecular formula is C33H44N2O5. The van der Waals surface area contributed by atoms with Crippen molar-refractivity contribution in [3.8, 4) is 0 Å². The minimum absolute atomic E-state index is 0.0419. The third-order valence-electron chi connectivity index (χ3n) is 6.66. The highest BCUT2D eigenvalue weighted by Gasteiger charge is 2.25. The molecule has 0 bridgehead atoms. The summed E-state index contributed by atoms with van der Waals surface area (Å²) in [5.41, 5.74) is 2.07. The molecule has 0 unspecified atom stereocenters. The Morgan fingerprint density at radius 1 is 0.925 bits per heavy atom. The lowest BCUT2D eigenvalue weighted by Crippen LogP contribution is -2.42. The molecule has 0 saturated carbocycles. The van der Waals surface area contributed by atoms with Gasteiger partial charge in [-0.2, -0.15) is 0 Å². The lowest BCUT2D eigenvalue weighted by molar-refractivity contribution is -0.153. The molecule has 2 rings (SSSR count). The Morgan fingerprint density at radius 3 is 2.12 bits per heavy atom. The number of benzene rings is 2. The third kappa shape index (κ3) is 12.4. The van der Waals surface area contributed by atoms with E-state index in [4.69, 9.17) is 4.74 Å². The molecule has 0 saturated heterocycles. The molecule has 2 aromatic carbocycles. The molecule has 0 aliphatic heterocycles. The van der Waals surface area contributed by atoms with Gasteiger partial charge in [0.25, 0.3) is 0 Å². The first-order valence-electron chi connectivity index (χ1n) is 14.0. The predicted octanol–water partition coefficient (Wildman–Crippen LogP) is 4.55. The number of hydrogen-bond acceptors (Lipinski definition) is 5. The fourth-order valence-corrected chi connectivity index (χ4v) is 4.49. The normalized spacial score (nSPS) is 13.8. The zero-order valence-electron chi connectivity index (χ0n) is 23.6. The Morgan fingerprint density at radius 2 is 1.55 bits per heavy atom. The molecule has 0 radical (unpaired) electrons. The van der Waals surface area contributed by atoms with Crippen LogP contribution >= 0.6 is 0 Å². The van der Waals surface area contributed by atoms with Gasteiger partial charge < -0.3 is 20.5 Å². The van der Waals surface area contributed by atoms with Crippen LogP contribution < -0.4 is 10.6 Å². The predicted molar refractivity (Wildman–Crippen MR) is 158 cm³/mol.